The first-order valence-corrected chi connectivity index (χ1v) is 5.45. The maximum atomic E-state index is 5.78. The smallest absolute Gasteiger partial charge is 0.207 e. The quantitative estimate of drug-likeness (QED) is 0.518. The van der Waals surface area contributed by atoms with E-state index in [2.05, 4.69) is 10.3 Å². The molecule has 1 heterocycles. The third kappa shape index (κ3) is 2.21. The van der Waals surface area contributed by atoms with Crippen LogP contribution in [0.15, 0.2) is 30.5 Å². The minimum atomic E-state index is 0.358. The van der Waals surface area contributed by atoms with Crippen molar-refractivity contribution in [1.29, 1.82) is 0 Å². The lowest BCUT2D eigenvalue weighted by Gasteiger charge is -2.03. The maximum absolute atomic E-state index is 5.78. The molecule has 6 heteroatoms. The maximum Gasteiger partial charge on any atom is 0.207 e. The molecule has 0 aliphatic rings. The van der Waals surface area contributed by atoms with Crippen molar-refractivity contribution >= 4 is 29.0 Å². The van der Waals surface area contributed by atoms with E-state index in [1.165, 1.54) is 0 Å². The van der Waals surface area contributed by atoms with Gasteiger partial charge in [-0.05, 0) is 24.4 Å². The van der Waals surface area contributed by atoms with Crippen LogP contribution in [0.3, 0.4) is 0 Å². The number of anilines is 2. The van der Waals surface area contributed by atoms with Crippen LogP contribution in [0, 0.1) is 0 Å². The van der Waals surface area contributed by atoms with E-state index in [1.54, 1.807) is 17.8 Å². The lowest BCUT2D eigenvalue weighted by atomic mass is 10.1. The van der Waals surface area contributed by atoms with Gasteiger partial charge in [0, 0.05) is 24.5 Å². The Bertz CT molecular complexity index is 543. The molecule has 0 atom stereocenters. The lowest BCUT2D eigenvalue weighted by molar-refractivity contribution is 1.05. The van der Waals surface area contributed by atoms with Gasteiger partial charge < -0.3 is 16.8 Å². The van der Waals surface area contributed by atoms with Gasteiger partial charge in [-0.15, -0.1) is 0 Å². The van der Waals surface area contributed by atoms with Gasteiger partial charge in [-0.25, -0.2) is 4.98 Å². The van der Waals surface area contributed by atoms with Crippen LogP contribution in [0.1, 0.15) is 0 Å². The molecule has 1 aromatic heterocycles. The molecule has 0 bridgehead atoms. The van der Waals surface area contributed by atoms with E-state index in [1.807, 2.05) is 24.3 Å². The molecular weight excluding hydrogens is 234 g/mol. The van der Waals surface area contributed by atoms with Gasteiger partial charge in [0.15, 0.2) is 5.11 Å². The highest BCUT2D eigenvalue weighted by atomic mass is 32.1. The zero-order valence-corrected chi connectivity index (χ0v) is 10.2. The average molecular weight is 247 g/mol. The Labute approximate surface area is 104 Å². The van der Waals surface area contributed by atoms with E-state index in [9.17, 15) is 0 Å². The summed E-state index contributed by atoms with van der Waals surface area (Å²) >= 11 is 5.11. The molecule has 0 aliphatic heterocycles. The summed E-state index contributed by atoms with van der Waals surface area (Å²) in [4.78, 5) is 4.25. The summed E-state index contributed by atoms with van der Waals surface area (Å²) in [5, 5.41) is 3.36. The van der Waals surface area contributed by atoms with Gasteiger partial charge in [0.1, 0.15) is 0 Å². The first-order chi connectivity index (χ1) is 8.11. The summed E-state index contributed by atoms with van der Waals surface area (Å²) < 4.78 is 1.63. The molecular formula is C11H13N5S. The zero-order valence-electron chi connectivity index (χ0n) is 9.34. The van der Waals surface area contributed by atoms with E-state index < -0.39 is 0 Å². The Morgan fingerprint density at radius 1 is 1.29 bits per heavy atom. The number of hydrogen-bond acceptors (Lipinski definition) is 4. The fourth-order valence-electron chi connectivity index (χ4n) is 1.47. The predicted molar refractivity (Wildman–Crippen MR) is 73.5 cm³/mol. The molecule has 0 spiro atoms. The third-order valence-electron chi connectivity index (χ3n) is 2.37. The fourth-order valence-corrected chi connectivity index (χ4v) is 1.62. The number of thiocarbonyl (C=S) groups is 1. The van der Waals surface area contributed by atoms with Crippen molar-refractivity contribution in [3.8, 4) is 11.3 Å². The monoisotopic (exact) mass is 247 g/mol. The van der Waals surface area contributed by atoms with Crippen LogP contribution in [-0.2, 0) is 0 Å². The highest BCUT2D eigenvalue weighted by Gasteiger charge is 2.09. The molecule has 2 rings (SSSR count). The van der Waals surface area contributed by atoms with Crippen LogP contribution in [0.2, 0.25) is 0 Å². The van der Waals surface area contributed by atoms with E-state index in [-0.39, 0.29) is 0 Å². The van der Waals surface area contributed by atoms with Gasteiger partial charge >= 0.3 is 0 Å². The SMILES string of the molecule is CNC(=S)n1cc(-c2ccc(N)cc2)nc1N. The van der Waals surface area contributed by atoms with Crippen molar-refractivity contribution in [2.24, 2.45) is 0 Å². The number of nitrogen functional groups attached to an aromatic ring is 2. The molecule has 0 radical (unpaired) electrons. The Hall–Kier alpha value is -2.08. The summed E-state index contributed by atoms with van der Waals surface area (Å²) in [5.74, 6) is 0.358. The Balaban J connectivity index is 2.41. The fraction of sp³-hybridized carbons (Fsp3) is 0.0909. The molecule has 2 aromatic rings. The Morgan fingerprint density at radius 2 is 1.94 bits per heavy atom. The highest BCUT2D eigenvalue weighted by Crippen LogP contribution is 2.20. The van der Waals surface area contributed by atoms with Gasteiger partial charge in [-0.1, -0.05) is 12.1 Å². The first kappa shape index (κ1) is 11.4. The second-order valence-corrected chi connectivity index (χ2v) is 3.92. The molecule has 0 unspecified atom stereocenters. The van der Waals surface area contributed by atoms with Gasteiger partial charge in [0.2, 0.25) is 5.95 Å². The van der Waals surface area contributed by atoms with Crippen LogP contribution < -0.4 is 16.8 Å². The Morgan fingerprint density at radius 3 is 2.53 bits per heavy atom. The predicted octanol–water partition coefficient (Wildman–Crippen LogP) is 1.07. The van der Waals surface area contributed by atoms with Gasteiger partial charge in [-0.3, -0.25) is 4.57 Å². The summed E-state index contributed by atoms with van der Waals surface area (Å²) in [5.41, 5.74) is 13.8. The van der Waals surface area contributed by atoms with E-state index in [0.717, 1.165) is 11.3 Å². The Kier molecular flexibility index (Phi) is 2.97. The van der Waals surface area contributed by atoms with Crippen molar-refractivity contribution in [1.82, 2.24) is 14.9 Å². The average Bonchev–Trinajstić information content (AvgIpc) is 2.71. The number of benzene rings is 1. The third-order valence-corrected chi connectivity index (χ3v) is 2.77. The number of hydrogen-bond donors (Lipinski definition) is 3. The number of imidazole rings is 1. The largest absolute Gasteiger partial charge is 0.399 e. The minimum absolute atomic E-state index is 0.358. The van der Waals surface area contributed by atoms with Crippen LogP contribution in [0.5, 0.6) is 0 Å². The molecule has 5 N–H and O–H groups in total. The topological polar surface area (TPSA) is 81.9 Å². The van der Waals surface area contributed by atoms with Crippen molar-refractivity contribution in [2.75, 3.05) is 18.5 Å². The number of rotatable bonds is 1. The normalized spacial score (nSPS) is 10.2. The first-order valence-electron chi connectivity index (χ1n) is 5.04. The molecule has 17 heavy (non-hydrogen) atoms. The lowest BCUT2D eigenvalue weighted by Crippen LogP contribution is -2.24. The van der Waals surface area contributed by atoms with Gasteiger partial charge in [0.25, 0.3) is 0 Å². The van der Waals surface area contributed by atoms with E-state index in [4.69, 9.17) is 23.7 Å². The molecule has 0 saturated heterocycles. The zero-order chi connectivity index (χ0) is 12.4. The summed E-state index contributed by atoms with van der Waals surface area (Å²) in [6.07, 6.45) is 1.79. The van der Waals surface area contributed by atoms with Crippen molar-refractivity contribution in [3.05, 3.63) is 30.5 Å². The molecule has 0 amide bonds. The number of nitrogens with two attached hydrogens (primary N) is 2. The van der Waals surface area contributed by atoms with E-state index in [0.29, 0.717) is 16.7 Å². The van der Waals surface area contributed by atoms with Crippen molar-refractivity contribution in [2.45, 2.75) is 0 Å². The molecule has 88 valence electrons. The van der Waals surface area contributed by atoms with Crippen molar-refractivity contribution < 1.29 is 0 Å². The molecule has 5 nitrogen and oxygen atoms in total. The van der Waals surface area contributed by atoms with Crippen LogP contribution >= 0.6 is 12.2 Å². The van der Waals surface area contributed by atoms with Crippen LogP contribution in [-0.4, -0.2) is 21.7 Å². The molecule has 0 fully saturated rings. The number of nitrogens with one attached hydrogen (secondary N) is 1. The number of nitrogens with zero attached hydrogens (tertiary/aromatic N) is 2. The minimum Gasteiger partial charge on any atom is -0.399 e. The van der Waals surface area contributed by atoms with Crippen molar-refractivity contribution in [3.63, 3.8) is 0 Å². The number of aromatic nitrogens is 2. The second-order valence-electron chi connectivity index (χ2n) is 3.53. The molecule has 0 aliphatic carbocycles. The summed E-state index contributed by atoms with van der Waals surface area (Å²) in [6.45, 7) is 0. The van der Waals surface area contributed by atoms with Crippen LogP contribution in [0.4, 0.5) is 11.6 Å². The van der Waals surface area contributed by atoms with Crippen LogP contribution in [0.25, 0.3) is 11.3 Å². The standard InChI is InChI=1S/C11H13N5S/c1-14-11(17)16-6-9(15-10(16)13)7-2-4-8(12)5-3-7/h2-6H,12H2,1H3,(H2,13,15)(H,14,17). The summed E-state index contributed by atoms with van der Waals surface area (Å²) in [7, 11) is 1.74. The van der Waals surface area contributed by atoms with Gasteiger partial charge in [-0.2, -0.15) is 0 Å². The van der Waals surface area contributed by atoms with Gasteiger partial charge in [0.05, 0.1) is 5.69 Å². The summed E-state index contributed by atoms with van der Waals surface area (Å²) in [6, 6.07) is 7.43. The molecule has 1 aromatic carbocycles. The molecule has 0 saturated carbocycles. The highest BCUT2D eigenvalue weighted by molar-refractivity contribution is 7.80. The second kappa shape index (κ2) is 4.42. The van der Waals surface area contributed by atoms with E-state index >= 15 is 0 Å².